The van der Waals surface area contributed by atoms with Gasteiger partial charge in [-0.15, -0.1) is 0 Å². The maximum Gasteiger partial charge on any atom is 0.122 e. The molecular formula is C18H22O2. The molecule has 0 aromatic heterocycles. The molecule has 106 valence electrons. The van der Waals surface area contributed by atoms with E-state index < -0.39 is 6.10 Å². The molecule has 1 unspecified atom stereocenters. The molecule has 1 N–H and O–H groups in total. The van der Waals surface area contributed by atoms with E-state index in [0.717, 1.165) is 28.9 Å². The zero-order chi connectivity index (χ0) is 14.5. The normalized spacial score (nSPS) is 12.2. The number of ether oxygens (including phenoxy) is 1. The molecule has 1 atom stereocenters. The van der Waals surface area contributed by atoms with Gasteiger partial charge in [0.1, 0.15) is 18.5 Å². The van der Waals surface area contributed by atoms with Crippen LogP contribution in [0.2, 0.25) is 0 Å². The molecule has 0 fully saturated rings. The van der Waals surface area contributed by atoms with E-state index >= 15 is 0 Å². The minimum atomic E-state index is -0.599. The molecule has 0 saturated heterocycles. The number of hydrogen-bond donors (Lipinski definition) is 1. The summed E-state index contributed by atoms with van der Waals surface area (Å²) in [6.07, 6.45) is 0.328. The number of benzene rings is 2. The molecule has 2 nitrogen and oxygen atoms in total. The van der Waals surface area contributed by atoms with Gasteiger partial charge in [-0.2, -0.15) is 0 Å². The zero-order valence-corrected chi connectivity index (χ0v) is 12.4. The van der Waals surface area contributed by atoms with Crippen molar-refractivity contribution in [2.45, 2.75) is 33.3 Å². The summed E-state index contributed by atoms with van der Waals surface area (Å²) in [6.45, 7) is 6.45. The monoisotopic (exact) mass is 270 g/mol. The van der Waals surface area contributed by atoms with Gasteiger partial charge in [0.15, 0.2) is 0 Å². The van der Waals surface area contributed by atoms with Crippen molar-refractivity contribution in [2.75, 3.05) is 6.61 Å². The molecule has 0 heterocycles. The molecule has 0 saturated carbocycles. The second kappa shape index (κ2) is 6.58. The van der Waals surface area contributed by atoms with Crippen LogP contribution in [0.5, 0.6) is 5.75 Å². The van der Waals surface area contributed by atoms with E-state index in [-0.39, 0.29) is 6.61 Å². The molecule has 2 aromatic rings. The van der Waals surface area contributed by atoms with E-state index in [2.05, 4.69) is 19.1 Å². The third-order valence-corrected chi connectivity index (χ3v) is 3.38. The molecule has 2 rings (SSSR count). The third-order valence-electron chi connectivity index (χ3n) is 3.38. The molecule has 0 radical (unpaired) electrons. The number of aliphatic hydroxyl groups excluding tert-OH is 1. The summed E-state index contributed by atoms with van der Waals surface area (Å²) in [5.74, 6) is 0.860. The van der Waals surface area contributed by atoms with Gasteiger partial charge in [0.05, 0.1) is 0 Å². The van der Waals surface area contributed by atoms with Crippen molar-refractivity contribution in [3.8, 4) is 5.75 Å². The molecule has 0 aliphatic carbocycles. The van der Waals surface area contributed by atoms with Crippen molar-refractivity contribution < 1.29 is 9.84 Å². The maximum atomic E-state index is 10.3. The Hall–Kier alpha value is -1.80. The van der Waals surface area contributed by atoms with E-state index in [1.807, 2.05) is 44.2 Å². The second-order valence-corrected chi connectivity index (χ2v) is 5.21. The fraction of sp³-hybridized carbons (Fsp3) is 0.333. The molecule has 20 heavy (non-hydrogen) atoms. The Labute approximate surface area is 121 Å². The first-order chi connectivity index (χ1) is 9.60. The lowest BCUT2D eigenvalue weighted by atomic mass is 10.0. The molecule has 0 bridgehead atoms. The second-order valence-electron chi connectivity index (χ2n) is 5.21. The summed E-state index contributed by atoms with van der Waals surface area (Å²) in [6, 6.07) is 14.1. The Bertz CT molecular complexity index is 555. The van der Waals surface area contributed by atoms with E-state index in [4.69, 9.17) is 4.74 Å². The Morgan fingerprint density at radius 2 is 1.70 bits per heavy atom. The van der Waals surface area contributed by atoms with Crippen LogP contribution in [0, 0.1) is 13.8 Å². The van der Waals surface area contributed by atoms with Crippen LogP contribution in [0.3, 0.4) is 0 Å². The minimum absolute atomic E-state index is 0.278. The van der Waals surface area contributed by atoms with Crippen LogP contribution in [-0.2, 0) is 6.42 Å². The van der Waals surface area contributed by atoms with Gasteiger partial charge in [-0.3, -0.25) is 0 Å². The first-order valence-electron chi connectivity index (χ1n) is 7.07. The van der Waals surface area contributed by atoms with Crippen molar-refractivity contribution in [2.24, 2.45) is 0 Å². The highest BCUT2D eigenvalue weighted by Crippen LogP contribution is 2.22. The Kier molecular flexibility index (Phi) is 4.80. The van der Waals surface area contributed by atoms with Crippen molar-refractivity contribution in [3.63, 3.8) is 0 Å². The van der Waals surface area contributed by atoms with Crippen molar-refractivity contribution in [1.82, 2.24) is 0 Å². The van der Waals surface area contributed by atoms with E-state index in [0.29, 0.717) is 0 Å². The SMILES string of the molecule is CCc1ccccc1OCC(O)c1cc(C)cc(C)c1. The third kappa shape index (κ3) is 3.61. The highest BCUT2D eigenvalue weighted by Gasteiger charge is 2.10. The molecular weight excluding hydrogens is 248 g/mol. The molecule has 2 heteroatoms. The van der Waals surface area contributed by atoms with Gasteiger partial charge >= 0.3 is 0 Å². The standard InChI is InChI=1S/C18H22O2/c1-4-15-7-5-6-8-18(15)20-12-17(19)16-10-13(2)9-14(3)11-16/h5-11,17,19H,4,12H2,1-3H3. The minimum Gasteiger partial charge on any atom is -0.490 e. The van der Waals surface area contributed by atoms with Gasteiger partial charge in [-0.25, -0.2) is 0 Å². The van der Waals surface area contributed by atoms with Gasteiger partial charge in [-0.05, 0) is 37.5 Å². The summed E-state index contributed by atoms with van der Waals surface area (Å²) in [5, 5.41) is 10.3. The fourth-order valence-corrected chi connectivity index (χ4v) is 2.40. The summed E-state index contributed by atoms with van der Waals surface area (Å²) in [5.41, 5.74) is 4.40. The van der Waals surface area contributed by atoms with Crippen molar-refractivity contribution in [3.05, 3.63) is 64.7 Å². The average Bonchev–Trinajstić information content (AvgIpc) is 2.44. The average molecular weight is 270 g/mol. The summed E-state index contributed by atoms with van der Waals surface area (Å²) in [7, 11) is 0. The lowest BCUT2D eigenvalue weighted by Gasteiger charge is -2.15. The molecule has 0 amide bonds. The van der Waals surface area contributed by atoms with Gasteiger partial charge < -0.3 is 9.84 Å². The summed E-state index contributed by atoms with van der Waals surface area (Å²) < 4.78 is 5.77. The lowest BCUT2D eigenvalue weighted by Crippen LogP contribution is -2.11. The van der Waals surface area contributed by atoms with Gasteiger partial charge in [0.25, 0.3) is 0 Å². The summed E-state index contributed by atoms with van der Waals surface area (Å²) >= 11 is 0. The highest BCUT2D eigenvalue weighted by atomic mass is 16.5. The lowest BCUT2D eigenvalue weighted by molar-refractivity contribution is 0.107. The van der Waals surface area contributed by atoms with Crippen molar-refractivity contribution in [1.29, 1.82) is 0 Å². The van der Waals surface area contributed by atoms with Crippen LogP contribution in [0.4, 0.5) is 0 Å². The number of hydrogen-bond acceptors (Lipinski definition) is 2. The number of para-hydroxylation sites is 1. The van der Waals surface area contributed by atoms with Crippen LogP contribution in [0.25, 0.3) is 0 Å². The Balaban J connectivity index is 2.06. The Morgan fingerprint density at radius 1 is 1.05 bits per heavy atom. The molecule has 2 aromatic carbocycles. The Morgan fingerprint density at radius 3 is 2.35 bits per heavy atom. The first kappa shape index (κ1) is 14.6. The quantitative estimate of drug-likeness (QED) is 0.890. The highest BCUT2D eigenvalue weighted by molar-refractivity contribution is 5.34. The molecule has 0 aliphatic heterocycles. The molecule has 0 spiro atoms. The predicted molar refractivity (Wildman–Crippen MR) is 82.2 cm³/mol. The van der Waals surface area contributed by atoms with Crippen LogP contribution in [-0.4, -0.2) is 11.7 Å². The van der Waals surface area contributed by atoms with Crippen molar-refractivity contribution >= 4 is 0 Å². The van der Waals surface area contributed by atoms with E-state index in [9.17, 15) is 5.11 Å². The van der Waals surface area contributed by atoms with Crippen LogP contribution in [0.1, 0.15) is 35.3 Å². The number of aliphatic hydroxyl groups is 1. The topological polar surface area (TPSA) is 29.5 Å². The van der Waals surface area contributed by atoms with E-state index in [1.165, 1.54) is 5.56 Å². The molecule has 0 aliphatic rings. The predicted octanol–water partition coefficient (Wildman–Crippen LogP) is 3.98. The van der Waals surface area contributed by atoms with Crippen LogP contribution >= 0.6 is 0 Å². The largest absolute Gasteiger partial charge is 0.490 e. The van der Waals surface area contributed by atoms with E-state index in [1.54, 1.807) is 0 Å². The van der Waals surface area contributed by atoms with Gasteiger partial charge in [0.2, 0.25) is 0 Å². The van der Waals surface area contributed by atoms with Crippen LogP contribution < -0.4 is 4.74 Å². The fourth-order valence-electron chi connectivity index (χ4n) is 2.40. The van der Waals surface area contributed by atoms with Gasteiger partial charge in [0, 0.05) is 0 Å². The maximum absolute atomic E-state index is 10.3. The van der Waals surface area contributed by atoms with Gasteiger partial charge in [-0.1, -0.05) is 54.4 Å². The number of aryl methyl sites for hydroxylation is 3. The summed E-state index contributed by atoms with van der Waals surface area (Å²) in [4.78, 5) is 0. The zero-order valence-electron chi connectivity index (χ0n) is 12.4. The smallest absolute Gasteiger partial charge is 0.122 e. The van der Waals surface area contributed by atoms with Crippen LogP contribution in [0.15, 0.2) is 42.5 Å². The number of rotatable bonds is 5. The first-order valence-corrected chi connectivity index (χ1v) is 7.07.